The van der Waals surface area contributed by atoms with Gasteiger partial charge in [0.2, 0.25) is 0 Å². The molecule has 328 valence electrons. The number of pyridine rings is 4. The van der Waals surface area contributed by atoms with Crippen molar-refractivity contribution in [2.75, 3.05) is 26.4 Å². The standard InChI is InChI=1S/C52H52N4O4S4/c1-29(2)25-57-33-17-37-45-9-11-47(61-45)39-19-34(58-26-30(3)4)21-41(54-39)49-13-15-51(63-49)43-23-36(60-28-32(7)8)24-44(56-43)52-16-14-50(64-52)42-22-35(59-27-31(5)6)20-40(55-42)48-12-10-46(62-48)38(18-33)53-37/h9-24,29-32H,25-28H2,1-8H3. The van der Waals surface area contributed by atoms with Crippen LogP contribution in [0.25, 0.3) is 84.6 Å². The summed E-state index contributed by atoms with van der Waals surface area (Å²) in [6, 6.07) is 33.5. The third-order valence-corrected chi connectivity index (χ3v) is 14.5. The van der Waals surface area contributed by atoms with Gasteiger partial charge >= 0.3 is 0 Å². The number of rotatable bonds is 12. The van der Waals surface area contributed by atoms with Gasteiger partial charge in [0.25, 0.3) is 0 Å². The van der Waals surface area contributed by atoms with E-state index in [2.05, 4.69) is 152 Å². The van der Waals surface area contributed by atoms with Gasteiger partial charge in [0.05, 0.1) is 111 Å². The van der Waals surface area contributed by atoms with Gasteiger partial charge in [0, 0.05) is 48.5 Å². The maximum atomic E-state index is 6.39. The normalized spacial score (nSPS) is 11.9. The number of thiophene rings is 4. The molecule has 9 heterocycles. The zero-order valence-corrected chi connectivity index (χ0v) is 40.7. The average molecular weight is 925 g/mol. The summed E-state index contributed by atoms with van der Waals surface area (Å²) in [5, 5.41) is 0. The first kappa shape index (κ1) is 43.8. The molecule has 16 bridgehead atoms. The second-order valence-corrected chi connectivity index (χ2v) is 22.1. The minimum atomic E-state index is 0.368. The molecule has 8 aromatic heterocycles. The Balaban J connectivity index is 1.23. The lowest BCUT2D eigenvalue weighted by Gasteiger charge is -2.12. The minimum absolute atomic E-state index is 0.368. The Labute approximate surface area is 392 Å². The average Bonchev–Trinajstić information content (AvgIpc) is 4.13. The van der Waals surface area contributed by atoms with Gasteiger partial charge in [-0.2, -0.15) is 0 Å². The van der Waals surface area contributed by atoms with Crippen molar-refractivity contribution in [3.8, 4) is 108 Å². The predicted octanol–water partition coefficient (Wildman–Crippen LogP) is 15.3. The molecule has 0 fully saturated rings. The van der Waals surface area contributed by atoms with E-state index in [4.69, 9.17) is 38.9 Å². The number of fused-ring (bicyclic) bond motifs is 24. The van der Waals surface area contributed by atoms with Gasteiger partial charge in [-0.3, -0.25) is 0 Å². The summed E-state index contributed by atoms with van der Waals surface area (Å²) in [7, 11) is 0. The van der Waals surface area contributed by atoms with Crippen molar-refractivity contribution in [3.05, 3.63) is 97.1 Å². The smallest absolute Gasteiger partial charge is 0.123 e. The molecule has 0 spiro atoms. The molecule has 0 aromatic carbocycles. The van der Waals surface area contributed by atoms with Crippen LogP contribution < -0.4 is 18.9 Å². The Hall–Kier alpha value is -5.40. The van der Waals surface area contributed by atoms with Crippen LogP contribution in [0, 0.1) is 23.7 Å². The van der Waals surface area contributed by atoms with Crippen molar-refractivity contribution in [3.63, 3.8) is 0 Å². The van der Waals surface area contributed by atoms with Crippen LogP contribution in [0.15, 0.2) is 97.1 Å². The van der Waals surface area contributed by atoms with Crippen LogP contribution >= 0.6 is 45.3 Å². The Bertz CT molecular complexity index is 2370. The number of nitrogens with zero attached hydrogens (tertiary/aromatic N) is 4. The number of aromatic nitrogens is 4. The molecule has 0 saturated carbocycles. The van der Waals surface area contributed by atoms with Crippen LogP contribution in [-0.4, -0.2) is 46.4 Å². The lowest BCUT2D eigenvalue weighted by Crippen LogP contribution is -2.05. The van der Waals surface area contributed by atoms with Crippen LogP contribution in [0.3, 0.4) is 0 Å². The number of hydrogen-bond donors (Lipinski definition) is 0. The largest absolute Gasteiger partial charge is 0.493 e. The fourth-order valence-electron chi connectivity index (χ4n) is 6.87. The predicted molar refractivity (Wildman–Crippen MR) is 268 cm³/mol. The number of hydrogen-bond acceptors (Lipinski definition) is 12. The molecule has 9 rings (SSSR count). The molecule has 12 heteroatoms. The van der Waals surface area contributed by atoms with E-state index in [1.807, 2.05) is 0 Å². The Morgan fingerprint density at radius 2 is 0.453 bits per heavy atom. The summed E-state index contributed by atoms with van der Waals surface area (Å²) in [5.74, 6) is 4.62. The molecule has 0 unspecified atom stereocenters. The molecule has 0 radical (unpaired) electrons. The third kappa shape index (κ3) is 10.3. The molecule has 8 nitrogen and oxygen atoms in total. The van der Waals surface area contributed by atoms with Crippen molar-refractivity contribution in [2.24, 2.45) is 23.7 Å². The van der Waals surface area contributed by atoms with Gasteiger partial charge in [-0.05, 0) is 72.2 Å². The first-order chi connectivity index (χ1) is 30.9. The molecule has 0 atom stereocenters. The Kier molecular flexibility index (Phi) is 13.0. The van der Waals surface area contributed by atoms with Crippen LogP contribution in [-0.2, 0) is 0 Å². The monoisotopic (exact) mass is 924 g/mol. The van der Waals surface area contributed by atoms with Crippen LogP contribution in [0.4, 0.5) is 0 Å². The molecule has 8 aromatic rings. The van der Waals surface area contributed by atoms with Gasteiger partial charge in [-0.25, -0.2) is 19.9 Å². The van der Waals surface area contributed by atoms with Gasteiger partial charge in [0.15, 0.2) is 0 Å². The third-order valence-electron chi connectivity index (χ3n) is 9.97. The summed E-state index contributed by atoms with van der Waals surface area (Å²) in [6.45, 7) is 19.7. The van der Waals surface area contributed by atoms with Crippen molar-refractivity contribution in [1.29, 1.82) is 0 Å². The second-order valence-electron chi connectivity index (χ2n) is 17.8. The molecule has 0 saturated heterocycles. The molecule has 64 heavy (non-hydrogen) atoms. The maximum absolute atomic E-state index is 6.39. The van der Waals surface area contributed by atoms with E-state index < -0.39 is 0 Å². The summed E-state index contributed by atoms with van der Waals surface area (Å²) in [4.78, 5) is 29.3. The highest BCUT2D eigenvalue weighted by molar-refractivity contribution is 7.20. The summed E-state index contributed by atoms with van der Waals surface area (Å²) >= 11 is 6.65. The first-order valence-corrected chi connectivity index (χ1v) is 25.2. The number of ether oxygens (including phenoxy) is 4. The van der Waals surface area contributed by atoms with Gasteiger partial charge in [-0.15, -0.1) is 45.3 Å². The lowest BCUT2D eigenvalue weighted by atomic mass is 10.2. The first-order valence-electron chi connectivity index (χ1n) is 21.9. The van der Waals surface area contributed by atoms with Gasteiger partial charge in [-0.1, -0.05) is 55.4 Å². The van der Waals surface area contributed by atoms with Crippen molar-refractivity contribution in [1.82, 2.24) is 19.9 Å². The molecule has 0 N–H and O–H groups in total. The van der Waals surface area contributed by atoms with Crippen molar-refractivity contribution in [2.45, 2.75) is 55.4 Å². The van der Waals surface area contributed by atoms with Crippen LogP contribution in [0.2, 0.25) is 0 Å². The molecule has 0 amide bonds. The van der Waals surface area contributed by atoms with E-state index in [9.17, 15) is 0 Å². The Morgan fingerprint density at radius 1 is 0.297 bits per heavy atom. The summed E-state index contributed by atoms with van der Waals surface area (Å²) in [5.41, 5.74) is 6.75. The minimum Gasteiger partial charge on any atom is -0.493 e. The fraction of sp³-hybridized carbons (Fsp3) is 0.308. The molecular weight excluding hydrogens is 873 g/mol. The van der Waals surface area contributed by atoms with Crippen LogP contribution in [0.1, 0.15) is 55.4 Å². The van der Waals surface area contributed by atoms with E-state index in [1.165, 1.54) is 0 Å². The van der Waals surface area contributed by atoms with E-state index >= 15 is 0 Å². The topological polar surface area (TPSA) is 88.5 Å². The zero-order valence-electron chi connectivity index (χ0n) is 37.4. The highest BCUT2D eigenvalue weighted by Gasteiger charge is 2.20. The van der Waals surface area contributed by atoms with Crippen LogP contribution in [0.5, 0.6) is 23.0 Å². The maximum Gasteiger partial charge on any atom is 0.123 e. The van der Waals surface area contributed by atoms with Crippen molar-refractivity contribution < 1.29 is 18.9 Å². The van der Waals surface area contributed by atoms with E-state index in [1.54, 1.807) is 45.3 Å². The molecule has 1 aliphatic rings. The lowest BCUT2D eigenvalue weighted by molar-refractivity contribution is 0.271. The van der Waals surface area contributed by atoms with Gasteiger partial charge < -0.3 is 18.9 Å². The quantitative estimate of drug-likeness (QED) is 0.120. The Morgan fingerprint density at radius 3 is 0.594 bits per heavy atom. The highest BCUT2D eigenvalue weighted by atomic mass is 32.1. The SMILES string of the molecule is CC(C)COc1cc2nc(c1)-c1ccc(s1)-c1cc(OCC(C)C)cc(n1)-c1ccc(s1)-c1cc(OCC(C)C)cc(n1)-c1ccc(s1)-c1cc(OCC(C)C)cc(n1)-c1ccc-2s1. The molecule has 1 aliphatic heterocycles. The summed E-state index contributed by atoms with van der Waals surface area (Å²) in [6.07, 6.45) is 0. The van der Waals surface area contributed by atoms with Crippen molar-refractivity contribution >= 4 is 45.3 Å². The zero-order chi connectivity index (χ0) is 44.5. The van der Waals surface area contributed by atoms with E-state index in [-0.39, 0.29) is 0 Å². The summed E-state index contributed by atoms with van der Waals surface area (Å²) < 4.78 is 25.6. The molecular formula is C52H52N4O4S4. The van der Waals surface area contributed by atoms with E-state index in [0.717, 1.165) is 108 Å². The van der Waals surface area contributed by atoms with Gasteiger partial charge in [0.1, 0.15) is 23.0 Å². The second kappa shape index (κ2) is 19.0. The molecule has 0 aliphatic carbocycles. The van der Waals surface area contributed by atoms with E-state index in [0.29, 0.717) is 50.1 Å². The fourth-order valence-corrected chi connectivity index (χ4v) is 10.6. The highest BCUT2D eigenvalue weighted by Crippen LogP contribution is 2.44.